The molecule has 6 aliphatic rings. The number of carbonyl (C=O) groups is 3. The minimum absolute atomic E-state index is 0.0149. The van der Waals surface area contributed by atoms with Crippen LogP contribution in [0.4, 0.5) is 47.3 Å². The Morgan fingerprint density at radius 1 is 0.460 bits per heavy atom. The minimum Gasteiger partial charge on any atom is -0.508 e. The number of aryl methyl sites for hydroxylation is 3. The molecule has 9 aromatic heterocycles. The number of phenolic OH excluding ortho intramolecular Hbond substituents is 3. The normalized spacial score (nSPS) is 17.7. The standard InChI is InChI=1S/C37H42Cl2FN7O3.C33H33Cl2FN6O3.C32H31Cl2FN6O3/c1-8-29(49)45-19-23-18-44(13-9-12-43(6)7)35-34(46(23)17-22(45)5)26-16-28(40)32(25-14-24(48)15-27(38)30(25)39)42-36(26)47(37(35)50)33-21(4)10-11-41-31(33)20(2)3;1-7-25(44)40-15-19-14-39(6)31-30(41(19)13-18(40)5)22-12-24(36)28(21-10-20(43)11-23(34)26(21)35)38-32(22)42(33(31)45)29-17(4)8-9-37-27(29)16(2)3;1-6-24(43)39-14-18-12-37-28-30(40(18)13-17(39)5)21-11-23(35)27(20-9-19(42)10-22(33)25(20)34)38-31(21)41(32(28)44)29-16(4)7-8-36-26(29)15(2)3/h8,10-11,14-16,20,22-23,48H,1,9,12-13,17-19H2,2-7H3;7-12,16,18-19,43H,1,13-15H2,2-6H3;6-11,15,17-18,37,42H,1,12-14H2,2-5H3. The highest BCUT2D eigenvalue weighted by molar-refractivity contribution is 6.45. The number of rotatable bonds is 16. The summed E-state index contributed by atoms with van der Waals surface area (Å²) in [6, 6.07) is 16.1. The predicted molar refractivity (Wildman–Crippen MR) is 548 cm³/mol. The zero-order valence-corrected chi connectivity index (χ0v) is 84.0. The molecule has 0 saturated carbocycles. The van der Waals surface area contributed by atoms with Crippen molar-refractivity contribution < 1.29 is 42.9 Å². The van der Waals surface area contributed by atoms with Gasteiger partial charge in [-0.05, 0) is 176 Å². The van der Waals surface area contributed by atoms with Gasteiger partial charge in [-0.15, -0.1) is 0 Å². The van der Waals surface area contributed by atoms with E-state index in [4.69, 9.17) is 89.5 Å². The van der Waals surface area contributed by atoms with Crippen molar-refractivity contribution in [1.82, 2.24) is 63.2 Å². The number of pyridine rings is 9. The fraction of sp³-hybridized carbons (Fsp3) is 0.353. The van der Waals surface area contributed by atoms with Crippen LogP contribution in [0.2, 0.25) is 30.1 Å². The Labute approximate surface area is 831 Å². The summed E-state index contributed by atoms with van der Waals surface area (Å²) >= 11 is 38.4. The fourth-order valence-electron chi connectivity index (χ4n) is 20.2. The molecule has 4 N–H and O–H groups in total. The molecule has 3 saturated heterocycles. The van der Waals surface area contributed by atoms with Gasteiger partial charge in [-0.3, -0.25) is 57.4 Å². The van der Waals surface area contributed by atoms with Gasteiger partial charge >= 0.3 is 0 Å². The second-order valence-corrected chi connectivity index (χ2v) is 39.8. The van der Waals surface area contributed by atoms with Crippen molar-refractivity contribution in [3.05, 3.63) is 242 Å². The summed E-state index contributed by atoms with van der Waals surface area (Å²) < 4.78 is 53.7. The van der Waals surface area contributed by atoms with Crippen LogP contribution in [-0.2, 0) is 14.4 Å². The molecule has 139 heavy (non-hydrogen) atoms. The summed E-state index contributed by atoms with van der Waals surface area (Å²) in [6.07, 6.45) is 9.82. The lowest BCUT2D eigenvalue weighted by atomic mass is 9.98. The van der Waals surface area contributed by atoms with Crippen LogP contribution in [0.5, 0.6) is 17.2 Å². The van der Waals surface area contributed by atoms with Crippen LogP contribution < -0.4 is 46.5 Å². The monoisotopic (exact) mass is 2010 g/mol. The number of halogens is 9. The van der Waals surface area contributed by atoms with Crippen LogP contribution in [0.3, 0.4) is 0 Å². The lowest BCUT2D eigenvalue weighted by Gasteiger charge is -2.51. The number of anilines is 6. The third kappa shape index (κ3) is 18.0. The molecule has 0 aliphatic carbocycles. The van der Waals surface area contributed by atoms with Gasteiger partial charge in [0.2, 0.25) is 17.7 Å². The van der Waals surface area contributed by atoms with E-state index >= 15 is 18.0 Å². The summed E-state index contributed by atoms with van der Waals surface area (Å²) in [5.74, 6) is -3.38. The van der Waals surface area contributed by atoms with Gasteiger partial charge in [-0.1, -0.05) is 131 Å². The second-order valence-electron chi connectivity index (χ2n) is 37.4. The van der Waals surface area contributed by atoms with E-state index in [-0.39, 0.29) is 187 Å². The highest BCUT2D eigenvalue weighted by Gasteiger charge is 2.47. The molecule has 6 atom stereocenters. The third-order valence-electron chi connectivity index (χ3n) is 26.7. The van der Waals surface area contributed by atoms with Crippen molar-refractivity contribution in [3.8, 4) is 68.1 Å². The van der Waals surface area contributed by atoms with Crippen LogP contribution in [0.1, 0.15) is 120 Å². The quantitative estimate of drug-likeness (QED) is 0.0653. The molecule has 0 spiro atoms. The van der Waals surface area contributed by atoms with Gasteiger partial charge in [-0.2, -0.15) is 0 Å². The van der Waals surface area contributed by atoms with Crippen molar-refractivity contribution in [2.24, 2.45) is 0 Å². The molecule has 3 fully saturated rings. The highest BCUT2D eigenvalue weighted by atomic mass is 35.5. The average Bonchev–Trinajstić information content (AvgIpc) is 0.711. The summed E-state index contributed by atoms with van der Waals surface area (Å²) in [7, 11) is 5.84. The van der Waals surface area contributed by atoms with Gasteiger partial charge in [0.1, 0.15) is 68.8 Å². The molecule has 3 amide bonds. The van der Waals surface area contributed by atoms with Crippen LogP contribution in [-0.4, -0.2) is 226 Å². The zero-order valence-electron chi connectivity index (χ0n) is 79.4. The summed E-state index contributed by atoms with van der Waals surface area (Å²) in [5.41, 5.74) is 8.32. The third-order valence-corrected chi connectivity index (χ3v) is 29.1. The number of fused-ring (bicyclic) bond motifs is 15. The maximum Gasteiger partial charge on any atom is 0.282 e. The molecule has 37 heteroatoms. The minimum atomic E-state index is -0.712. The van der Waals surface area contributed by atoms with Gasteiger partial charge in [0, 0.05) is 160 Å². The SMILES string of the molecule is C=CC(=O)N1CC2CN(C)c3c(c4cc(F)c(-c5cc(O)cc(Cl)c5Cl)nc4n(-c4c(C)ccnc4C(C)C)c3=O)N2CC1C.C=CC(=O)N1CC2CN(CCCN(C)C)c3c(c4cc(F)c(-c5cc(O)cc(Cl)c5Cl)nc4n(-c4c(C)ccnc4C(C)C)c3=O)N2CC1C.C=CC(=O)N1CC2CNc3c(c4cc(F)c(-c5cc(O)cc(Cl)c5Cl)nc4n(-c4c(C)ccnc4C(C)C)c3=O)N2CC1C. The van der Waals surface area contributed by atoms with E-state index in [1.54, 1.807) is 37.9 Å². The molecule has 15 heterocycles. The van der Waals surface area contributed by atoms with E-state index in [1.807, 2.05) is 127 Å². The number of amides is 3. The van der Waals surface area contributed by atoms with Crippen LogP contribution in [0.15, 0.2) is 144 Å². The number of hydrogen-bond donors (Lipinski definition) is 4. The first kappa shape index (κ1) is 99.5. The zero-order chi connectivity index (χ0) is 100. The predicted octanol–water partition coefficient (Wildman–Crippen LogP) is 18.5. The van der Waals surface area contributed by atoms with Crippen LogP contribution in [0, 0.1) is 38.2 Å². The lowest BCUT2D eigenvalue weighted by Crippen LogP contribution is -2.64. The number of likely N-dealkylation sites (N-methyl/N-ethyl adjacent to an activating group) is 1. The lowest BCUT2D eigenvalue weighted by molar-refractivity contribution is -0.129. The topological polar surface area (TPSA) is 296 Å². The number of nitrogens with zero attached hydrogens (tertiary/aromatic N) is 18. The molecular formula is C102H106Cl6F3N19O9. The van der Waals surface area contributed by atoms with Gasteiger partial charge in [-0.25, -0.2) is 28.1 Å². The summed E-state index contributed by atoms with van der Waals surface area (Å²) in [6.45, 7) is 39.7. The van der Waals surface area contributed by atoms with Gasteiger partial charge in [0.15, 0.2) is 16.9 Å². The molecular weight excluding hydrogens is 1900 g/mol. The molecule has 726 valence electrons. The first-order chi connectivity index (χ1) is 66.0. The smallest absolute Gasteiger partial charge is 0.282 e. The van der Waals surface area contributed by atoms with E-state index in [2.05, 4.69) is 59.5 Å². The maximum absolute atomic E-state index is 16.6. The molecule has 0 radical (unpaired) electrons. The van der Waals surface area contributed by atoms with Gasteiger partial charge < -0.3 is 64.7 Å². The second kappa shape index (κ2) is 39.3. The Bertz CT molecular complexity index is 7300. The van der Waals surface area contributed by atoms with Crippen LogP contribution in [0.25, 0.3) is 83.9 Å². The Balaban J connectivity index is 0.000000151. The number of aromatic hydroxyl groups is 3. The molecule has 12 aromatic rings. The molecule has 3 aromatic carbocycles. The number of hydrogen-bond acceptors (Lipinski definition) is 22. The number of nitrogens with one attached hydrogen (secondary N) is 1. The van der Waals surface area contributed by atoms with Crippen molar-refractivity contribution >= 4 is 155 Å². The molecule has 6 aliphatic heterocycles. The first-order valence-electron chi connectivity index (χ1n) is 45.7. The van der Waals surface area contributed by atoms with E-state index in [0.29, 0.717) is 150 Å². The van der Waals surface area contributed by atoms with E-state index in [1.165, 1.54) is 82.0 Å². The molecule has 28 nitrogen and oxygen atoms in total. The molecule has 6 unspecified atom stereocenters. The summed E-state index contributed by atoms with van der Waals surface area (Å²) in [5, 5.41) is 35.7. The Morgan fingerprint density at radius 3 is 1.15 bits per heavy atom. The Kier molecular flexibility index (Phi) is 28.1. The fourth-order valence-corrected chi connectivity index (χ4v) is 21.4. The van der Waals surface area contributed by atoms with Crippen molar-refractivity contribution in [3.63, 3.8) is 0 Å². The largest absolute Gasteiger partial charge is 0.508 e. The number of piperazine rings is 3. The number of benzene rings is 3. The number of phenols is 3. The molecule has 18 rings (SSSR count). The van der Waals surface area contributed by atoms with E-state index < -0.39 is 17.5 Å². The molecule has 0 bridgehead atoms. The van der Waals surface area contributed by atoms with Crippen LogP contribution >= 0.6 is 69.6 Å². The Morgan fingerprint density at radius 2 is 0.791 bits per heavy atom. The van der Waals surface area contributed by atoms with E-state index in [9.17, 15) is 39.3 Å². The maximum atomic E-state index is 16.6. The van der Waals surface area contributed by atoms with Crippen molar-refractivity contribution in [2.75, 3.05) is 123 Å². The van der Waals surface area contributed by atoms with E-state index in [0.717, 1.165) is 29.7 Å². The van der Waals surface area contributed by atoms with Gasteiger partial charge in [0.25, 0.3) is 16.7 Å². The number of carbonyl (C=O) groups excluding carboxylic acids is 3. The number of aromatic nitrogens is 9. The summed E-state index contributed by atoms with van der Waals surface area (Å²) in [4.78, 5) is 129. The average molecular weight is 2010 g/mol. The first-order valence-corrected chi connectivity index (χ1v) is 48.0. The highest BCUT2D eigenvalue weighted by Crippen LogP contribution is 2.50. The van der Waals surface area contributed by atoms with Gasteiger partial charge in [0.05, 0.1) is 99.5 Å². The van der Waals surface area contributed by atoms with Crippen molar-refractivity contribution in [1.29, 1.82) is 0 Å². The van der Waals surface area contributed by atoms with Crippen molar-refractivity contribution in [2.45, 2.75) is 144 Å². The Hall–Kier alpha value is -12.5.